The minimum absolute atomic E-state index is 0.708. The van der Waals surface area contributed by atoms with Crippen LogP contribution in [0.1, 0.15) is 19.3 Å². The van der Waals surface area contributed by atoms with Crippen molar-refractivity contribution in [3.05, 3.63) is 0 Å². The molecule has 1 N–H and O–H groups in total. The predicted molar refractivity (Wildman–Crippen MR) is 48.6 cm³/mol. The number of hydrogen-bond acceptors (Lipinski definition) is 1. The standard InChI is InChI=1S/C7H12N2.F6P/c8-4-7-9-5-2-1-3-6-9;1-7(2,3,4,5)6/h1-3,5-7H2;/q;-1/p+1. The van der Waals surface area contributed by atoms with Gasteiger partial charge in [0.25, 0.3) is 0 Å². The van der Waals surface area contributed by atoms with E-state index in [1.807, 2.05) is 0 Å². The van der Waals surface area contributed by atoms with Gasteiger partial charge in [0.1, 0.15) is 6.07 Å². The van der Waals surface area contributed by atoms with Crippen LogP contribution in [0.4, 0.5) is 25.2 Å². The average molecular weight is 270 g/mol. The Morgan fingerprint density at radius 2 is 1.31 bits per heavy atom. The first-order chi connectivity index (χ1) is 6.88. The first-order valence-corrected chi connectivity index (χ1v) is 6.68. The Kier molecular flexibility index (Phi) is 4.23. The first kappa shape index (κ1) is 15.5. The molecule has 0 aliphatic carbocycles. The molecule has 0 radical (unpaired) electrons. The molecule has 0 saturated carbocycles. The monoisotopic (exact) mass is 270 g/mol. The number of nitrogens with one attached hydrogen (secondary N) is 1. The predicted octanol–water partition coefficient (Wildman–Crippen LogP) is 2.96. The molecule has 0 aromatic heterocycles. The fourth-order valence-corrected chi connectivity index (χ4v) is 1.34. The van der Waals surface area contributed by atoms with Gasteiger partial charge in [-0.1, -0.05) is 0 Å². The van der Waals surface area contributed by atoms with E-state index in [2.05, 4.69) is 6.07 Å². The summed E-state index contributed by atoms with van der Waals surface area (Å²) in [6.45, 7) is 3.14. The molecule has 1 fully saturated rings. The summed E-state index contributed by atoms with van der Waals surface area (Å²) in [5, 5.41) is 8.35. The number of nitrogens with zero attached hydrogens (tertiary/aromatic N) is 1. The van der Waals surface area contributed by atoms with Gasteiger partial charge in [0, 0.05) is 0 Å². The SMILES string of the molecule is F[P-](F)(F)(F)(F)F.N#CC[NH+]1CCCCC1. The van der Waals surface area contributed by atoms with Gasteiger partial charge in [0.2, 0.25) is 0 Å². The number of likely N-dealkylation sites (tertiary alicyclic amines) is 1. The van der Waals surface area contributed by atoms with E-state index in [1.165, 1.54) is 37.3 Å². The van der Waals surface area contributed by atoms with E-state index in [9.17, 15) is 25.2 Å². The van der Waals surface area contributed by atoms with Crippen LogP contribution in [0.15, 0.2) is 0 Å². The van der Waals surface area contributed by atoms with Crippen LogP contribution in [0, 0.1) is 11.3 Å². The smallest absolute Gasteiger partial charge is 0.165 e. The van der Waals surface area contributed by atoms with E-state index >= 15 is 0 Å². The van der Waals surface area contributed by atoms with Crippen molar-refractivity contribution in [1.29, 1.82) is 5.26 Å². The summed E-state index contributed by atoms with van der Waals surface area (Å²) in [4.78, 5) is 1.48. The van der Waals surface area contributed by atoms with Gasteiger partial charge < -0.3 is 4.90 Å². The molecule has 1 heterocycles. The Balaban J connectivity index is 0.000000293. The fraction of sp³-hybridized carbons (Fsp3) is 0.857. The fourth-order valence-electron chi connectivity index (χ4n) is 1.34. The zero-order chi connectivity index (χ0) is 12.9. The van der Waals surface area contributed by atoms with Gasteiger partial charge in [0.05, 0.1) is 13.1 Å². The van der Waals surface area contributed by atoms with Crippen LogP contribution in [0.5, 0.6) is 0 Å². The molecular formula is C7H13F6N2P. The van der Waals surface area contributed by atoms with Crippen LogP contribution < -0.4 is 4.90 Å². The molecule has 0 amide bonds. The maximum absolute atomic E-state index is 10.7. The second-order valence-corrected chi connectivity index (χ2v) is 5.52. The van der Waals surface area contributed by atoms with Crippen molar-refractivity contribution in [1.82, 2.24) is 0 Å². The number of rotatable bonds is 1. The molecule has 9 heteroatoms. The number of halogens is 6. The summed E-state index contributed by atoms with van der Waals surface area (Å²) in [7, 11) is -10.7. The molecule has 0 bridgehead atoms. The normalized spacial score (nSPS) is 22.1. The maximum Gasteiger partial charge on any atom is 0.165 e. The number of piperidine rings is 1. The molecule has 98 valence electrons. The third-order valence-electron chi connectivity index (χ3n) is 1.89. The molecule has 0 atom stereocenters. The molecule has 1 aliphatic rings. The molecule has 0 spiro atoms. The Morgan fingerprint density at radius 3 is 1.62 bits per heavy atom. The number of hydrogen-bond donors (Lipinski definition) is 1. The summed E-state index contributed by atoms with van der Waals surface area (Å²) in [5.41, 5.74) is 0. The largest absolute Gasteiger partial charge is 0.323 e. The zero-order valence-electron chi connectivity index (χ0n) is 8.40. The first-order valence-electron chi connectivity index (χ1n) is 4.65. The van der Waals surface area contributed by atoms with Crippen molar-refractivity contribution < 1.29 is 30.1 Å². The van der Waals surface area contributed by atoms with E-state index in [0.29, 0.717) is 6.54 Å². The zero-order valence-corrected chi connectivity index (χ0v) is 9.30. The minimum Gasteiger partial charge on any atom is -0.323 e. The molecular weight excluding hydrogens is 257 g/mol. The van der Waals surface area contributed by atoms with Crippen molar-refractivity contribution >= 4 is 7.81 Å². The Labute approximate surface area is 89.1 Å². The molecule has 2 nitrogen and oxygen atoms in total. The Hall–Kier alpha value is -0.540. The van der Waals surface area contributed by atoms with Gasteiger partial charge in [-0.05, 0) is 19.3 Å². The molecule has 0 aromatic rings. The van der Waals surface area contributed by atoms with E-state index < -0.39 is 7.81 Å². The molecule has 0 aromatic carbocycles. The Morgan fingerprint density at radius 1 is 0.938 bits per heavy atom. The van der Waals surface area contributed by atoms with Gasteiger partial charge in [-0.25, -0.2) is 0 Å². The minimum atomic E-state index is -10.7. The summed E-state index contributed by atoms with van der Waals surface area (Å²) in [6, 6.07) is 2.20. The van der Waals surface area contributed by atoms with Crippen LogP contribution >= 0.6 is 7.81 Å². The number of nitriles is 1. The third-order valence-corrected chi connectivity index (χ3v) is 1.89. The van der Waals surface area contributed by atoms with Crippen molar-refractivity contribution in [2.75, 3.05) is 19.6 Å². The number of quaternary nitrogens is 1. The molecule has 1 rings (SSSR count). The van der Waals surface area contributed by atoms with E-state index in [-0.39, 0.29) is 0 Å². The second kappa shape index (κ2) is 4.38. The third kappa shape index (κ3) is 19.1. The van der Waals surface area contributed by atoms with Crippen LogP contribution in [0.3, 0.4) is 0 Å². The molecule has 1 saturated heterocycles. The molecule has 0 unspecified atom stereocenters. The van der Waals surface area contributed by atoms with Crippen molar-refractivity contribution in [3.8, 4) is 6.07 Å². The Bertz CT molecular complexity index is 247. The topological polar surface area (TPSA) is 28.2 Å². The van der Waals surface area contributed by atoms with Crippen LogP contribution in [-0.4, -0.2) is 19.6 Å². The van der Waals surface area contributed by atoms with Crippen molar-refractivity contribution in [2.45, 2.75) is 19.3 Å². The van der Waals surface area contributed by atoms with Crippen molar-refractivity contribution in [2.24, 2.45) is 0 Å². The molecule has 16 heavy (non-hydrogen) atoms. The van der Waals surface area contributed by atoms with Gasteiger partial charge in [-0.15, -0.1) is 0 Å². The van der Waals surface area contributed by atoms with Gasteiger partial charge >= 0.3 is 33.0 Å². The quantitative estimate of drug-likeness (QED) is 0.443. The van der Waals surface area contributed by atoms with Gasteiger partial charge in [-0.2, -0.15) is 5.26 Å². The average Bonchev–Trinajstić information content (AvgIpc) is 2.01. The summed E-state index contributed by atoms with van der Waals surface area (Å²) in [5.74, 6) is 0. The van der Waals surface area contributed by atoms with E-state index in [4.69, 9.17) is 5.26 Å². The van der Waals surface area contributed by atoms with Crippen LogP contribution in [0.25, 0.3) is 0 Å². The molecule has 1 aliphatic heterocycles. The summed E-state index contributed by atoms with van der Waals surface area (Å²) in [6.07, 6.45) is 4.00. The van der Waals surface area contributed by atoms with Crippen molar-refractivity contribution in [3.63, 3.8) is 0 Å². The van der Waals surface area contributed by atoms with Crippen LogP contribution in [0.2, 0.25) is 0 Å². The second-order valence-electron chi connectivity index (χ2n) is 3.60. The summed E-state index contributed by atoms with van der Waals surface area (Å²) >= 11 is 0. The van der Waals surface area contributed by atoms with Gasteiger partial charge in [0.15, 0.2) is 6.54 Å². The van der Waals surface area contributed by atoms with Crippen LogP contribution in [-0.2, 0) is 0 Å². The summed E-state index contributed by atoms with van der Waals surface area (Å²) < 4.78 is 59.2. The maximum atomic E-state index is 9.87. The van der Waals surface area contributed by atoms with E-state index in [1.54, 1.807) is 0 Å². The van der Waals surface area contributed by atoms with Gasteiger partial charge in [-0.3, -0.25) is 0 Å². The van der Waals surface area contributed by atoms with E-state index in [0.717, 1.165) is 0 Å².